The third kappa shape index (κ3) is 3.18. The van der Waals surface area contributed by atoms with E-state index >= 15 is 0 Å². The van der Waals surface area contributed by atoms with Gasteiger partial charge in [-0.05, 0) is 48.1 Å². The second kappa shape index (κ2) is 7.65. The van der Waals surface area contributed by atoms with Crippen molar-refractivity contribution in [1.82, 2.24) is 4.90 Å². The average Bonchev–Trinajstić information content (AvgIpc) is 3.46. The minimum Gasteiger partial charge on any atom is -0.386 e. The van der Waals surface area contributed by atoms with Crippen molar-refractivity contribution >= 4 is 5.84 Å². The predicted molar refractivity (Wildman–Crippen MR) is 112 cm³/mol. The van der Waals surface area contributed by atoms with Crippen LogP contribution in [-0.2, 0) is 11.3 Å². The number of hydrogen-bond acceptors (Lipinski definition) is 4. The maximum absolute atomic E-state index is 14.1. The van der Waals surface area contributed by atoms with Crippen molar-refractivity contribution in [2.24, 2.45) is 16.8 Å². The van der Waals surface area contributed by atoms with Crippen LogP contribution in [0.1, 0.15) is 54.8 Å². The summed E-state index contributed by atoms with van der Waals surface area (Å²) in [5, 5.41) is 4.51. The lowest BCUT2D eigenvalue weighted by Crippen LogP contribution is -2.47. The van der Waals surface area contributed by atoms with E-state index < -0.39 is 17.2 Å². The van der Waals surface area contributed by atoms with Crippen LogP contribution in [0.3, 0.4) is 0 Å². The Kier molecular flexibility index (Phi) is 4.97. The van der Waals surface area contributed by atoms with E-state index in [4.69, 9.17) is 10.6 Å². The first-order chi connectivity index (χ1) is 14.6. The molecule has 2 aromatic rings. The third-order valence-corrected chi connectivity index (χ3v) is 7.11. The van der Waals surface area contributed by atoms with Crippen molar-refractivity contribution in [2.45, 2.75) is 50.2 Å². The van der Waals surface area contributed by atoms with Gasteiger partial charge in [0.15, 0.2) is 17.2 Å². The second-order valence-electron chi connectivity index (χ2n) is 8.74. The van der Waals surface area contributed by atoms with Gasteiger partial charge in [-0.2, -0.15) is 0 Å². The number of benzene rings is 2. The maximum Gasteiger partial charge on any atom is 0.159 e. The molecule has 0 spiro atoms. The number of nitrogens with two attached hydrogens (primary N) is 1. The molecule has 4 nitrogen and oxygen atoms in total. The standard InChI is InChI=1S/C24H27F2N3O/c25-20-10-9-17(13-21(20)26)23-19-8-4-1-5-16(19)11-12-29(23)22-14-24(15-27,30-28-22)18-6-2-3-7-18/h1,4-5,8-10,13,18,23H,2-3,6-7,11-12,14-15,27H2/t23-,24+/m0/s1. The summed E-state index contributed by atoms with van der Waals surface area (Å²) < 4.78 is 27.8. The maximum atomic E-state index is 14.1. The molecular weight excluding hydrogens is 384 g/mol. The van der Waals surface area contributed by atoms with E-state index in [1.807, 2.05) is 12.1 Å². The van der Waals surface area contributed by atoms with Crippen LogP contribution >= 0.6 is 0 Å². The lowest BCUT2D eigenvalue weighted by molar-refractivity contribution is -0.0548. The van der Waals surface area contributed by atoms with Gasteiger partial charge in [0.1, 0.15) is 5.84 Å². The van der Waals surface area contributed by atoms with Gasteiger partial charge in [0.05, 0.1) is 12.5 Å². The van der Waals surface area contributed by atoms with Gasteiger partial charge < -0.3 is 15.5 Å². The molecule has 0 saturated heterocycles. The lowest BCUT2D eigenvalue weighted by atomic mass is 9.82. The van der Waals surface area contributed by atoms with E-state index in [1.54, 1.807) is 6.07 Å². The minimum absolute atomic E-state index is 0.232. The highest BCUT2D eigenvalue weighted by molar-refractivity contribution is 5.85. The summed E-state index contributed by atoms with van der Waals surface area (Å²) >= 11 is 0. The number of hydrogen-bond donors (Lipinski definition) is 1. The van der Waals surface area contributed by atoms with Gasteiger partial charge in [0, 0.05) is 19.0 Å². The molecule has 5 rings (SSSR count). The van der Waals surface area contributed by atoms with Gasteiger partial charge >= 0.3 is 0 Å². The molecular formula is C24H27F2N3O. The fourth-order valence-corrected chi connectivity index (χ4v) is 5.46. The summed E-state index contributed by atoms with van der Waals surface area (Å²) in [6.07, 6.45) is 6.19. The van der Waals surface area contributed by atoms with E-state index in [0.717, 1.165) is 42.8 Å². The van der Waals surface area contributed by atoms with Crippen molar-refractivity contribution < 1.29 is 13.6 Å². The van der Waals surface area contributed by atoms with Gasteiger partial charge in [0.2, 0.25) is 0 Å². The molecule has 1 saturated carbocycles. The third-order valence-electron chi connectivity index (χ3n) is 7.11. The molecule has 2 aliphatic heterocycles. The Morgan fingerprint density at radius 1 is 1.10 bits per heavy atom. The largest absolute Gasteiger partial charge is 0.386 e. The number of amidine groups is 1. The topological polar surface area (TPSA) is 50.8 Å². The SMILES string of the molecule is NC[C@@]1(C2CCCC2)CC(N2CCc3ccccc3[C@@H]2c2ccc(F)c(F)c2)=NO1. The number of nitrogens with zero attached hydrogens (tertiary/aromatic N) is 2. The molecule has 0 aromatic heterocycles. The predicted octanol–water partition coefficient (Wildman–Crippen LogP) is 4.53. The first kappa shape index (κ1) is 19.5. The first-order valence-electron chi connectivity index (χ1n) is 10.9. The normalized spacial score (nSPS) is 26.4. The highest BCUT2D eigenvalue weighted by Crippen LogP contribution is 2.44. The average molecular weight is 411 g/mol. The Bertz CT molecular complexity index is 973. The fraction of sp³-hybridized carbons (Fsp3) is 0.458. The van der Waals surface area contributed by atoms with Gasteiger partial charge in [-0.3, -0.25) is 0 Å². The smallest absolute Gasteiger partial charge is 0.159 e. The summed E-state index contributed by atoms with van der Waals surface area (Å²) in [6, 6.07) is 12.1. The number of halogens is 2. The monoisotopic (exact) mass is 411 g/mol. The van der Waals surface area contributed by atoms with Crippen LogP contribution in [0, 0.1) is 17.6 Å². The Balaban J connectivity index is 1.51. The molecule has 6 heteroatoms. The minimum atomic E-state index is -0.834. The molecule has 30 heavy (non-hydrogen) atoms. The van der Waals surface area contributed by atoms with Crippen molar-refractivity contribution in [3.8, 4) is 0 Å². The summed E-state index contributed by atoms with van der Waals surface area (Å²) in [5.74, 6) is -0.388. The van der Waals surface area contributed by atoms with Crippen molar-refractivity contribution in [2.75, 3.05) is 13.1 Å². The summed E-state index contributed by atoms with van der Waals surface area (Å²) in [6.45, 7) is 1.18. The molecule has 0 bridgehead atoms. The summed E-state index contributed by atoms with van der Waals surface area (Å²) in [7, 11) is 0. The fourth-order valence-electron chi connectivity index (χ4n) is 5.46. The van der Waals surface area contributed by atoms with Crippen molar-refractivity contribution in [1.29, 1.82) is 0 Å². The van der Waals surface area contributed by atoms with E-state index in [1.165, 1.54) is 30.5 Å². The van der Waals surface area contributed by atoms with E-state index in [-0.39, 0.29) is 6.04 Å². The van der Waals surface area contributed by atoms with Gasteiger partial charge in [-0.15, -0.1) is 0 Å². The van der Waals surface area contributed by atoms with E-state index in [2.05, 4.69) is 22.2 Å². The van der Waals surface area contributed by atoms with Crippen molar-refractivity contribution in [3.05, 3.63) is 70.8 Å². The zero-order chi connectivity index (χ0) is 20.7. The molecule has 2 atom stereocenters. The number of rotatable bonds is 3. The molecule has 3 aliphatic rings. The molecule has 158 valence electrons. The number of oxime groups is 1. The molecule has 2 aromatic carbocycles. The summed E-state index contributed by atoms with van der Waals surface area (Å²) in [5.41, 5.74) is 8.79. The molecule has 0 radical (unpaired) electrons. The Morgan fingerprint density at radius 3 is 2.67 bits per heavy atom. The zero-order valence-electron chi connectivity index (χ0n) is 17.0. The van der Waals surface area contributed by atoms with Crippen LogP contribution in [0.2, 0.25) is 0 Å². The summed E-state index contributed by atoms with van der Waals surface area (Å²) in [4.78, 5) is 8.24. The van der Waals surface area contributed by atoms with Crippen molar-refractivity contribution in [3.63, 3.8) is 0 Å². The van der Waals surface area contributed by atoms with Gasteiger partial charge in [-0.25, -0.2) is 8.78 Å². The molecule has 1 fully saturated rings. The highest BCUT2D eigenvalue weighted by atomic mass is 19.2. The van der Waals surface area contributed by atoms with Crippen LogP contribution in [-0.4, -0.2) is 29.4 Å². The van der Waals surface area contributed by atoms with Crippen LogP contribution in [0.15, 0.2) is 47.6 Å². The molecule has 0 unspecified atom stereocenters. The van der Waals surface area contributed by atoms with E-state index in [9.17, 15) is 8.78 Å². The van der Waals surface area contributed by atoms with Crippen LogP contribution in [0.5, 0.6) is 0 Å². The number of fused-ring (bicyclic) bond motifs is 1. The Morgan fingerprint density at radius 2 is 1.90 bits per heavy atom. The lowest BCUT2D eigenvalue weighted by Gasteiger charge is -2.39. The van der Waals surface area contributed by atoms with Gasteiger partial charge in [0.25, 0.3) is 0 Å². The molecule has 0 amide bonds. The molecule has 1 aliphatic carbocycles. The highest BCUT2D eigenvalue weighted by Gasteiger charge is 2.48. The zero-order valence-corrected chi connectivity index (χ0v) is 17.0. The molecule has 2 N–H and O–H groups in total. The van der Waals surface area contributed by atoms with Gasteiger partial charge in [-0.1, -0.05) is 48.3 Å². The first-order valence-corrected chi connectivity index (χ1v) is 10.9. The van der Waals surface area contributed by atoms with Crippen LogP contribution in [0.4, 0.5) is 8.78 Å². The Hall–Kier alpha value is -2.47. The Labute approximate surface area is 175 Å². The quantitative estimate of drug-likeness (QED) is 0.807. The van der Waals surface area contributed by atoms with Crippen LogP contribution in [0.25, 0.3) is 0 Å². The van der Waals surface area contributed by atoms with E-state index in [0.29, 0.717) is 18.9 Å². The van der Waals surface area contributed by atoms with Crippen LogP contribution < -0.4 is 5.73 Å². The second-order valence-corrected chi connectivity index (χ2v) is 8.74. The molecule has 2 heterocycles.